The van der Waals surface area contributed by atoms with Gasteiger partial charge in [-0.3, -0.25) is 9.79 Å². The summed E-state index contributed by atoms with van der Waals surface area (Å²) in [6.45, 7) is 10.8. The third-order valence-corrected chi connectivity index (χ3v) is 4.45. The van der Waals surface area contributed by atoms with Crippen LogP contribution in [-0.2, 0) is 17.6 Å². The molecule has 0 aliphatic carbocycles. The second-order valence-corrected chi connectivity index (χ2v) is 6.15. The molecule has 0 unspecified atom stereocenters. The summed E-state index contributed by atoms with van der Waals surface area (Å²) in [5.41, 5.74) is 2.70. The Labute approximate surface area is 145 Å². The van der Waals surface area contributed by atoms with Crippen LogP contribution in [0.1, 0.15) is 31.9 Å². The number of aryl methyl sites for hydroxylation is 1. The van der Waals surface area contributed by atoms with E-state index in [1.165, 1.54) is 11.1 Å². The first-order valence-electron chi connectivity index (χ1n) is 9.00. The molecule has 1 saturated heterocycles. The number of carbonyl (C=O) groups is 1. The lowest BCUT2D eigenvalue weighted by atomic mass is 10.1. The lowest BCUT2D eigenvalue weighted by Crippen LogP contribution is -2.53. The Morgan fingerprint density at radius 2 is 1.62 bits per heavy atom. The van der Waals surface area contributed by atoms with Gasteiger partial charge in [0, 0.05) is 46.2 Å². The minimum Gasteiger partial charge on any atom is -0.357 e. The molecule has 1 aliphatic heterocycles. The van der Waals surface area contributed by atoms with E-state index in [1.54, 1.807) is 6.92 Å². The molecule has 0 radical (unpaired) electrons. The number of piperazine rings is 1. The van der Waals surface area contributed by atoms with Gasteiger partial charge < -0.3 is 15.1 Å². The molecule has 1 fully saturated rings. The van der Waals surface area contributed by atoms with Crippen LogP contribution < -0.4 is 5.32 Å². The zero-order chi connectivity index (χ0) is 17.4. The van der Waals surface area contributed by atoms with Crippen molar-refractivity contribution < 1.29 is 4.79 Å². The zero-order valence-corrected chi connectivity index (χ0v) is 15.2. The highest BCUT2D eigenvalue weighted by Gasteiger charge is 2.20. The van der Waals surface area contributed by atoms with Crippen molar-refractivity contribution >= 4 is 11.9 Å². The number of guanidine groups is 1. The smallest absolute Gasteiger partial charge is 0.219 e. The van der Waals surface area contributed by atoms with Crippen LogP contribution in [0.25, 0.3) is 0 Å². The topological polar surface area (TPSA) is 47.9 Å². The van der Waals surface area contributed by atoms with E-state index in [2.05, 4.69) is 48.3 Å². The first-order valence-corrected chi connectivity index (χ1v) is 9.00. The Kier molecular flexibility index (Phi) is 7.09. The number of carbonyl (C=O) groups excluding carboxylic acids is 1. The maximum Gasteiger partial charge on any atom is 0.219 e. The maximum atomic E-state index is 11.4. The van der Waals surface area contributed by atoms with Crippen LogP contribution in [0.2, 0.25) is 0 Å². The Balaban J connectivity index is 1.89. The van der Waals surface area contributed by atoms with Crippen molar-refractivity contribution in [2.75, 3.05) is 39.3 Å². The predicted octanol–water partition coefficient (Wildman–Crippen LogP) is 1.92. The van der Waals surface area contributed by atoms with Crippen LogP contribution in [0.4, 0.5) is 0 Å². The molecule has 0 saturated carbocycles. The van der Waals surface area contributed by atoms with Crippen molar-refractivity contribution in [1.29, 1.82) is 0 Å². The van der Waals surface area contributed by atoms with Gasteiger partial charge >= 0.3 is 0 Å². The molecule has 0 atom stereocenters. The van der Waals surface area contributed by atoms with Gasteiger partial charge in [-0.25, -0.2) is 0 Å². The van der Waals surface area contributed by atoms with Gasteiger partial charge in [-0.1, -0.05) is 31.2 Å². The Bertz CT molecular complexity index is 545. The van der Waals surface area contributed by atoms with Crippen molar-refractivity contribution in [1.82, 2.24) is 15.1 Å². The molecule has 1 aromatic carbocycles. The van der Waals surface area contributed by atoms with Gasteiger partial charge in [-0.05, 0) is 30.9 Å². The van der Waals surface area contributed by atoms with Crippen molar-refractivity contribution in [2.24, 2.45) is 4.99 Å². The highest BCUT2D eigenvalue weighted by Crippen LogP contribution is 2.07. The lowest BCUT2D eigenvalue weighted by molar-refractivity contribution is -0.130. The van der Waals surface area contributed by atoms with Gasteiger partial charge in [-0.2, -0.15) is 0 Å². The van der Waals surface area contributed by atoms with Crippen LogP contribution in [0.5, 0.6) is 0 Å². The molecule has 132 valence electrons. The van der Waals surface area contributed by atoms with Crippen molar-refractivity contribution in [3.8, 4) is 0 Å². The molecular weight excluding hydrogens is 300 g/mol. The van der Waals surface area contributed by atoms with Gasteiger partial charge in [0.05, 0.1) is 0 Å². The first kappa shape index (κ1) is 18.3. The summed E-state index contributed by atoms with van der Waals surface area (Å²) >= 11 is 0. The molecule has 1 aromatic rings. The summed E-state index contributed by atoms with van der Waals surface area (Å²) in [6.07, 6.45) is 2.03. The number of aliphatic imine (C=N–C) groups is 1. The number of nitrogens with zero attached hydrogens (tertiary/aromatic N) is 3. The Morgan fingerprint density at radius 1 is 1.04 bits per heavy atom. The summed E-state index contributed by atoms with van der Waals surface area (Å²) in [4.78, 5) is 20.4. The van der Waals surface area contributed by atoms with E-state index in [0.717, 1.165) is 58.1 Å². The lowest BCUT2D eigenvalue weighted by Gasteiger charge is -2.36. The minimum absolute atomic E-state index is 0.159. The summed E-state index contributed by atoms with van der Waals surface area (Å²) in [5.74, 6) is 1.12. The fraction of sp³-hybridized carbons (Fsp3) is 0.579. The van der Waals surface area contributed by atoms with E-state index in [1.807, 2.05) is 4.90 Å². The molecule has 1 amide bonds. The molecule has 0 spiro atoms. The highest BCUT2D eigenvalue weighted by atomic mass is 16.2. The molecule has 0 aromatic heterocycles. The third kappa shape index (κ3) is 5.25. The third-order valence-electron chi connectivity index (χ3n) is 4.45. The molecule has 5 heteroatoms. The van der Waals surface area contributed by atoms with Crippen LogP contribution in [0.15, 0.2) is 29.3 Å². The quantitative estimate of drug-likeness (QED) is 0.663. The molecule has 2 rings (SSSR count). The normalized spacial score (nSPS) is 15.5. The number of hydrogen-bond acceptors (Lipinski definition) is 2. The predicted molar refractivity (Wildman–Crippen MR) is 99.3 cm³/mol. The molecule has 1 N–H and O–H groups in total. The van der Waals surface area contributed by atoms with E-state index in [0.29, 0.717) is 0 Å². The number of rotatable bonds is 5. The van der Waals surface area contributed by atoms with E-state index in [4.69, 9.17) is 4.99 Å². The second-order valence-electron chi connectivity index (χ2n) is 6.15. The molecule has 5 nitrogen and oxygen atoms in total. The van der Waals surface area contributed by atoms with Crippen LogP contribution in [-0.4, -0.2) is 60.9 Å². The number of hydrogen-bond donors (Lipinski definition) is 1. The molecule has 1 aliphatic rings. The van der Waals surface area contributed by atoms with Crippen LogP contribution in [0, 0.1) is 0 Å². The van der Waals surface area contributed by atoms with E-state index < -0.39 is 0 Å². The first-order chi connectivity index (χ1) is 11.6. The van der Waals surface area contributed by atoms with Crippen molar-refractivity contribution in [3.63, 3.8) is 0 Å². The Hall–Kier alpha value is -2.04. The van der Waals surface area contributed by atoms with Crippen LogP contribution in [0.3, 0.4) is 0 Å². The molecule has 0 bridgehead atoms. The maximum absolute atomic E-state index is 11.4. The Morgan fingerprint density at radius 3 is 2.17 bits per heavy atom. The summed E-state index contributed by atoms with van der Waals surface area (Å²) in [7, 11) is 0. The van der Waals surface area contributed by atoms with Crippen LogP contribution >= 0.6 is 0 Å². The standard InChI is InChI=1S/C19H30N4O/c1-4-17-6-8-18(9-7-17)10-11-21-19(20-5-2)23-14-12-22(13-15-23)16(3)24/h6-9H,4-5,10-15H2,1-3H3,(H,20,21). The van der Waals surface area contributed by atoms with Gasteiger partial charge in [0.1, 0.15) is 0 Å². The fourth-order valence-electron chi connectivity index (χ4n) is 2.89. The summed E-state index contributed by atoms with van der Waals surface area (Å²) in [5, 5.41) is 3.37. The van der Waals surface area contributed by atoms with E-state index in [-0.39, 0.29) is 5.91 Å². The largest absolute Gasteiger partial charge is 0.357 e. The summed E-state index contributed by atoms with van der Waals surface area (Å²) < 4.78 is 0. The van der Waals surface area contributed by atoms with Crippen molar-refractivity contribution in [3.05, 3.63) is 35.4 Å². The fourth-order valence-corrected chi connectivity index (χ4v) is 2.89. The zero-order valence-electron chi connectivity index (χ0n) is 15.2. The highest BCUT2D eigenvalue weighted by molar-refractivity contribution is 5.80. The van der Waals surface area contributed by atoms with Gasteiger partial charge in [0.2, 0.25) is 5.91 Å². The van der Waals surface area contributed by atoms with E-state index in [9.17, 15) is 4.79 Å². The average Bonchev–Trinajstić information content (AvgIpc) is 2.61. The number of benzene rings is 1. The average molecular weight is 330 g/mol. The molecule has 24 heavy (non-hydrogen) atoms. The van der Waals surface area contributed by atoms with Gasteiger partial charge in [0.25, 0.3) is 0 Å². The van der Waals surface area contributed by atoms with Gasteiger partial charge in [-0.15, -0.1) is 0 Å². The van der Waals surface area contributed by atoms with Gasteiger partial charge in [0.15, 0.2) is 5.96 Å². The minimum atomic E-state index is 0.159. The second kappa shape index (κ2) is 9.30. The summed E-state index contributed by atoms with van der Waals surface area (Å²) in [6, 6.07) is 8.80. The molecule has 1 heterocycles. The SMILES string of the molecule is CCNC(=NCCc1ccc(CC)cc1)N1CCN(C(C)=O)CC1. The number of amides is 1. The number of nitrogens with one attached hydrogen (secondary N) is 1. The van der Waals surface area contributed by atoms with E-state index >= 15 is 0 Å². The van der Waals surface area contributed by atoms with Crippen molar-refractivity contribution in [2.45, 2.75) is 33.6 Å². The monoisotopic (exact) mass is 330 g/mol. The molecular formula is C19H30N4O.